The molecule has 0 saturated carbocycles. The lowest BCUT2D eigenvalue weighted by Crippen LogP contribution is -2.10. The maximum absolute atomic E-state index is 6.36. The summed E-state index contributed by atoms with van der Waals surface area (Å²) >= 11 is 0. The monoisotopic (exact) mass is 637 g/mol. The number of hydrogen-bond acceptors (Lipinski definition) is 2. The van der Waals surface area contributed by atoms with E-state index in [2.05, 4.69) is 181 Å². The Morgan fingerprint density at radius 2 is 0.920 bits per heavy atom. The largest absolute Gasteiger partial charge is 0.456 e. The van der Waals surface area contributed by atoms with Crippen molar-refractivity contribution in [2.75, 3.05) is 4.90 Å². The van der Waals surface area contributed by atoms with Crippen molar-refractivity contribution in [1.29, 1.82) is 0 Å². The van der Waals surface area contributed by atoms with Crippen molar-refractivity contribution in [3.05, 3.63) is 188 Å². The molecule has 0 N–H and O–H groups in total. The van der Waals surface area contributed by atoms with E-state index in [9.17, 15) is 0 Å². The summed E-state index contributed by atoms with van der Waals surface area (Å²) in [6.45, 7) is 0. The lowest BCUT2D eigenvalue weighted by molar-refractivity contribution is 0.669. The van der Waals surface area contributed by atoms with Crippen LogP contribution in [0, 0.1) is 0 Å². The number of benzene rings is 9. The van der Waals surface area contributed by atoms with Gasteiger partial charge in [0.15, 0.2) is 0 Å². The van der Waals surface area contributed by atoms with Crippen LogP contribution in [0.2, 0.25) is 0 Å². The van der Waals surface area contributed by atoms with Gasteiger partial charge in [0.25, 0.3) is 0 Å². The summed E-state index contributed by atoms with van der Waals surface area (Å²) in [4.78, 5) is 2.37. The molecule has 0 bridgehead atoms. The number of para-hydroxylation sites is 1. The lowest BCUT2D eigenvalue weighted by atomic mass is 9.97. The summed E-state index contributed by atoms with van der Waals surface area (Å²) in [6.07, 6.45) is 0. The third-order valence-corrected chi connectivity index (χ3v) is 10.0. The molecule has 9 aromatic carbocycles. The SMILES string of the molecule is c1cc(-c2ccc3ccccc3c2)cc(N(c2ccc(-c3ccc4c(ccc5ccccc54)c3)cc2)c2cccc3oc4ccccc4c23)c1. The highest BCUT2D eigenvalue weighted by molar-refractivity contribution is 6.13. The number of fused-ring (bicyclic) bond motifs is 7. The fraction of sp³-hybridized carbons (Fsp3) is 0. The van der Waals surface area contributed by atoms with E-state index in [0.29, 0.717) is 0 Å². The molecule has 2 nitrogen and oxygen atoms in total. The summed E-state index contributed by atoms with van der Waals surface area (Å²) in [6, 6.07) is 67.6. The Balaban J connectivity index is 1.12. The molecule has 0 aliphatic rings. The highest BCUT2D eigenvalue weighted by atomic mass is 16.3. The minimum atomic E-state index is 0.875. The van der Waals surface area contributed by atoms with Crippen LogP contribution in [-0.4, -0.2) is 0 Å². The van der Waals surface area contributed by atoms with Crippen LogP contribution < -0.4 is 4.90 Å². The number of nitrogens with zero attached hydrogens (tertiary/aromatic N) is 1. The molecule has 1 aromatic heterocycles. The standard InChI is InChI=1S/C48H31NO/c1-2-11-35-29-38(21-19-32(35)9-1)36-12-7-13-41(31-36)49(45-16-8-18-47-48(45)44-15-5-6-17-46(44)50-47)40-26-23-33(24-27-40)37-25-28-43-39(30-37)22-20-34-10-3-4-14-42(34)43/h1-31H. The summed E-state index contributed by atoms with van der Waals surface area (Å²) in [5.74, 6) is 0. The minimum Gasteiger partial charge on any atom is -0.456 e. The van der Waals surface area contributed by atoms with Crippen molar-refractivity contribution in [3.8, 4) is 22.3 Å². The molecule has 0 spiro atoms. The van der Waals surface area contributed by atoms with Crippen LogP contribution in [0.3, 0.4) is 0 Å². The Labute approximate surface area is 290 Å². The van der Waals surface area contributed by atoms with Gasteiger partial charge in [0.2, 0.25) is 0 Å². The van der Waals surface area contributed by atoms with Gasteiger partial charge in [-0.05, 0) is 109 Å². The fourth-order valence-corrected chi connectivity index (χ4v) is 7.56. The molecule has 0 unspecified atom stereocenters. The first-order valence-corrected chi connectivity index (χ1v) is 17.1. The summed E-state index contributed by atoms with van der Waals surface area (Å²) in [7, 11) is 0. The van der Waals surface area contributed by atoms with Gasteiger partial charge in [-0.25, -0.2) is 0 Å². The lowest BCUT2D eigenvalue weighted by Gasteiger charge is -2.27. The molecular formula is C48H31NO. The second kappa shape index (κ2) is 11.5. The van der Waals surface area contributed by atoms with Gasteiger partial charge in [0, 0.05) is 16.8 Å². The van der Waals surface area contributed by atoms with Crippen LogP contribution >= 0.6 is 0 Å². The number of hydrogen-bond donors (Lipinski definition) is 0. The molecule has 10 aromatic rings. The van der Waals surface area contributed by atoms with E-state index < -0.39 is 0 Å². The van der Waals surface area contributed by atoms with Crippen molar-refractivity contribution in [2.24, 2.45) is 0 Å². The van der Waals surface area contributed by atoms with E-state index in [-0.39, 0.29) is 0 Å². The minimum absolute atomic E-state index is 0.875. The maximum Gasteiger partial charge on any atom is 0.137 e. The molecule has 2 heteroatoms. The highest BCUT2D eigenvalue weighted by Crippen LogP contribution is 2.44. The molecule has 234 valence electrons. The van der Waals surface area contributed by atoms with Crippen molar-refractivity contribution < 1.29 is 4.42 Å². The van der Waals surface area contributed by atoms with Gasteiger partial charge < -0.3 is 9.32 Å². The molecule has 1 heterocycles. The molecule has 0 radical (unpaired) electrons. The Hall–Kier alpha value is -6.64. The van der Waals surface area contributed by atoms with E-state index >= 15 is 0 Å². The first-order chi connectivity index (χ1) is 24.8. The van der Waals surface area contributed by atoms with Gasteiger partial charge in [0.05, 0.1) is 11.1 Å². The Morgan fingerprint density at radius 1 is 0.320 bits per heavy atom. The van der Waals surface area contributed by atoms with Gasteiger partial charge in [-0.3, -0.25) is 0 Å². The predicted octanol–water partition coefficient (Wildman–Crippen LogP) is 13.8. The van der Waals surface area contributed by atoms with Gasteiger partial charge in [-0.15, -0.1) is 0 Å². The van der Waals surface area contributed by atoms with Crippen LogP contribution in [0.5, 0.6) is 0 Å². The summed E-state index contributed by atoms with van der Waals surface area (Å²) < 4.78 is 6.36. The van der Waals surface area contributed by atoms with Crippen molar-refractivity contribution in [2.45, 2.75) is 0 Å². The van der Waals surface area contributed by atoms with Crippen LogP contribution in [0.4, 0.5) is 17.1 Å². The topological polar surface area (TPSA) is 16.4 Å². The van der Waals surface area contributed by atoms with Crippen LogP contribution in [0.15, 0.2) is 192 Å². The molecule has 0 amide bonds. The van der Waals surface area contributed by atoms with E-state index in [4.69, 9.17) is 4.42 Å². The van der Waals surface area contributed by atoms with Gasteiger partial charge in [0.1, 0.15) is 11.2 Å². The zero-order valence-corrected chi connectivity index (χ0v) is 27.3. The molecular weight excluding hydrogens is 607 g/mol. The number of rotatable bonds is 5. The smallest absolute Gasteiger partial charge is 0.137 e. The van der Waals surface area contributed by atoms with Crippen molar-refractivity contribution in [1.82, 2.24) is 0 Å². The highest BCUT2D eigenvalue weighted by Gasteiger charge is 2.20. The summed E-state index contributed by atoms with van der Waals surface area (Å²) in [5.41, 5.74) is 9.74. The molecule has 0 aliphatic heterocycles. The number of anilines is 3. The van der Waals surface area contributed by atoms with Crippen molar-refractivity contribution in [3.63, 3.8) is 0 Å². The molecule has 0 aliphatic carbocycles. The molecule has 0 fully saturated rings. The third kappa shape index (κ3) is 4.73. The average molecular weight is 638 g/mol. The van der Waals surface area contributed by atoms with Gasteiger partial charge in [-0.2, -0.15) is 0 Å². The summed E-state index contributed by atoms with van der Waals surface area (Å²) in [5, 5.41) is 9.76. The van der Waals surface area contributed by atoms with Crippen LogP contribution in [-0.2, 0) is 0 Å². The van der Waals surface area contributed by atoms with Crippen molar-refractivity contribution >= 4 is 71.3 Å². The predicted molar refractivity (Wildman–Crippen MR) is 212 cm³/mol. The molecule has 50 heavy (non-hydrogen) atoms. The van der Waals surface area contributed by atoms with E-state index in [0.717, 1.165) is 39.0 Å². The zero-order valence-electron chi connectivity index (χ0n) is 27.3. The average Bonchev–Trinajstić information content (AvgIpc) is 3.57. The first kappa shape index (κ1) is 28.4. The van der Waals surface area contributed by atoms with Crippen LogP contribution in [0.25, 0.3) is 76.5 Å². The Bertz CT molecular complexity index is 2880. The normalized spacial score (nSPS) is 11.6. The second-order valence-electron chi connectivity index (χ2n) is 13.0. The van der Waals surface area contributed by atoms with Gasteiger partial charge in [-0.1, -0.05) is 133 Å². The fourth-order valence-electron chi connectivity index (χ4n) is 7.56. The zero-order chi connectivity index (χ0) is 33.0. The number of furan rings is 1. The van der Waals surface area contributed by atoms with E-state index in [1.54, 1.807) is 0 Å². The Kier molecular flexibility index (Phi) is 6.53. The van der Waals surface area contributed by atoms with Crippen LogP contribution in [0.1, 0.15) is 0 Å². The first-order valence-electron chi connectivity index (χ1n) is 17.1. The van der Waals surface area contributed by atoms with Gasteiger partial charge >= 0.3 is 0 Å². The molecule has 10 rings (SSSR count). The molecule has 0 atom stereocenters. The second-order valence-corrected chi connectivity index (χ2v) is 13.0. The third-order valence-electron chi connectivity index (χ3n) is 10.0. The van der Waals surface area contributed by atoms with E-state index in [1.807, 2.05) is 12.1 Å². The maximum atomic E-state index is 6.36. The Morgan fingerprint density at radius 3 is 1.82 bits per heavy atom. The quantitative estimate of drug-likeness (QED) is 0.175. The molecule has 0 saturated heterocycles. The van der Waals surface area contributed by atoms with E-state index in [1.165, 1.54) is 54.6 Å².